The summed E-state index contributed by atoms with van der Waals surface area (Å²) in [6.07, 6.45) is 0. The Morgan fingerprint density at radius 1 is 1.40 bits per heavy atom. The molecule has 1 rings (SSSR count). The average Bonchev–Trinajstić information content (AvgIpc) is 1.99. The van der Waals surface area contributed by atoms with Gasteiger partial charge < -0.3 is 5.32 Å². The summed E-state index contributed by atoms with van der Waals surface area (Å²) in [7, 11) is 0. The second-order valence-corrected chi connectivity index (χ2v) is 5.49. The standard InChI is InChI=1S/C11H13FINO/c1-11(2,3)14-10(15)8-5-4-7(12)6-9(8)13/h4-6H,1-3H3,(H,14,15). The van der Waals surface area contributed by atoms with E-state index < -0.39 is 0 Å². The first-order valence-electron chi connectivity index (χ1n) is 4.57. The maximum Gasteiger partial charge on any atom is 0.252 e. The Labute approximate surface area is 102 Å². The maximum absolute atomic E-state index is 12.8. The summed E-state index contributed by atoms with van der Waals surface area (Å²) in [5, 5.41) is 2.83. The number of hydrogen-bond donors (Lipinski definition) is 1. The number of benzene rings is 1. The Hall–Kier alpha value is -0.650. The Kier molecular flexibility index (Phi) is 3.70. The van der Waals surface area contributed by atoms with Crippen molar-refractivity contribution < 1.29 is 9.18 Å². The number of rotatable bonds is 1. The highest BCUT2D eigenvalue weighted by molar-refractivity contribution is 14.1. The van der Waals surface area contributed by atoms with Gasteiger partial charge in [-0.15, -0.1) is 0 Å². The maximum atomic E-state index is 12.8. The molecule has 0 aliphatic rings. The first-order valence-corrected chi connectivity index (χ1v) is 5.65. The molecule has 0 aromatic heterocycles. The van der Waals surface area contributed by atoms with E-state index >= 15 is 0 Å². The molecule has 0 aliphatic heterocycles. The van der Waals surface area contributed by atoms with Gasteiger partial charge in [0.15, 0.2) is 0 Å². The minimum Gasteiger partial charge on any atom is -0.347 e. The molecule has 82 valence electrons. The second-order valence-electron chi connectivity index (χ2n) is 4.33. The minimum absolute atomic E-state index is 0.174. The summed E-state index contributed by atoms with van der Waals surface area (Å²) in [6, 6.07) is 4.13. The smallest absolute Gasteiger partial charge is 0.252 e. The fourth-order valence-corrected chi connectivity index (χ4v) is 1.80. The zero-order valence-electron chi connectivity index (χ0n) is 8.90. The lowest BCUT2D eigenvalue weighted by atomic mass is 10.1. The molecule has 0 aliphatic carbocycles. The van der Waals surface area contributed by atoms with Crippen LogP contribution in [0.25, 0.3) is 0 Å². The molecule has 0 atom stereocenters. The molecule has 1 amide bonds. The minimum atomic E-state index is -0.327. The first kappa shape index (κ1) is 12.4. The van der Waals surface area contributed by atoms with Crippen LogP contribution in [0, 0.1) is 9.39 Å². The average molecular weight is 321 g/mol. The molecule has 15 heavy (non-hydrogen) atoms. The quantitative estimate of drug-likeness (QED) is 0.792. The highest BCUT2D eigenvalue weighted by Crippen LogP contribution is 2.14. The van der Waals surface area contributed by atoms with E-state index in [1.54, 1.807) is 0 Å². The van der Waals surface area contributed by atoms with Crippen molar-refractivity contribution >= 4 is 28.5 Å². The molecular formula is C11H13FINO. The summed E-state index contributed by atoms with van der Waals surface area (Å²) in [5.41, 5.74) is 0.223. The van der Waals surface area contributed by atoms with Crippen LogP contribution in [0.5, 0.6) is 0 Å². The molecule has 0 fully saturated rings. The van der Waals surface area contributed by atoms with Gasteiger partial charge in [-0.25, -0.2) is 4.39 Å². The molecule has 0 saturated heterocycles. The summed E-state index contributed by atoms with van der Waals surface area (Å²) in [6.45, 7) is 5.71. The van der Waals surface area contributed by atoms with Gasteiger partial charge in [-0.1, -0.05) is 0 Å². The number of hydrogen-bond acceptors (Lipinski definition) is 1. The van der Waals surface area contributed by atoms with Gasteiger partial charge in [0, 0.05) is 9.11 Å². The Bertz CT molecular complexity index is 385. The third-order valence-electron chi connectivity index (χ3n) is 1.66. The summed E-state index contributed by atoms with van der Waals surface area (Å²) in [4.78, 5) is 11.8. The van der Waals surface area contributed by atoms with Crippen molar-refractivity contribution in [3.63, 3.8) is 0 Å². The molecule has 1 aromatic rings. The van der Waals surface area contributed by atoms with Crippen LogP contribution in [0.1, 0.15) is 31.1 Å². The van der Waals surface area contributed by atoms with E-state index in [9.17, 15) is 9.18 Å². The van der Waals surface area contributed by atoms with E-state index in [-0.39, 0.29) is 17.3 Å². The van der Waals surface area contributed by atoms with Gasteiger partial charge in [0.1, 0.15) is 5.82 Å². The Morgan fingerprint density at radius 2 is 2.00 bits per heavy atom. The van der Waals surface area contributed by atoms with Crippen molar-refractivity contribution in [2.75, 3.05) is 0 Å². The van der Waals surface area contributed by atoms with E-state index in [0.29, 0.717) is 9.13 Å². The van der Waals surface area contributed by atoms with Gasteiger partial charge in [0.25, 0.3) is 5.91 Å². The molecule has 1 N–H and O–H groups in total. The van der Waals surface area contributed by atoms with Gasteiger partial charge >= 0.3 is 0 Å². The number of amides is 1. The predicted octanol–water partition coefficient (Wildman–Crippen LogP) is 2.96. The lowest BCUT2D eigenvalue weighted by molar-refractivity contribution is 0.0918. The molecule has 2 nitrogen and oxygen atoms in total. The van der Waals surface area contributed by atoms with E-state index in [0.717, 1.165) is 0 Å². The van der Waals surface area contributed by atoms with Gasteiger partial charge in [0.2, 0.25) is 0 Å². The molecule has 0 spiro atoms. The van der Waals surface area contributed by atoms with Crippen LogP contribution in [-0.2, 0) is 0 Å². The molecule has 0 heterocycles. The molecule has 0 unspecified atom stereocenters. The fourth-order valence-electron chi connectivity index (χ4n) is 1.08. The van der Waals surface area contributed by atoms with E-state index in [1.807, 2.05) is 43.4 Å². The first-order chi connectivity index (χ1) is 6.79. The van der Waals surface area contributed by atoms with Crippen molar-refractivity contribution in [2.45, 2.75) is 26.3 Å². The van der Waals surface area contributed by atoms with Crippen molar-refractivity contribution in [3.8, 4) is 0 Å². The van der Waals surface area contributed by atoms with Gasteiger partial charge in [-0.2, -0.15) is 0 Å². The topological polar surface area (TPSA) is 29.1 Å². The normalized spacial score (nSPS) is 11.3. The van der Waals surface area contributed by atoms with Gasteiger partial charge in [-0.05, 0) is 61.6 Å². The molecular weight excluding hydrogens is 308 g/mol. The van der Waals surface area contributed by atoms with Crippen LogP contribution >= 0.6 is 22.6 Å². The van der Waals surface area contributed by atoms with Crippen LogP contribution in [0.3, 0.4) is 0 Å². The fraction of sp³-hybridized carbons (Fsp3) is 0.364. The van der Waals surface area contributed by atoms with Crippen LogP contribution < -0.4 is 5.32 Å². The zero-order chi connectivity index (χ0) is 11.6. The lowest BCUT2D eigenvalue weighted by Crippen LogP contribution is -2.40. The Morgan fingerprint density at radius 3 is 2.47 bits per heavy atom. The van der Waals surface area contributed by atoms with Gasteiger partial charge in [0.05, 0.1) is 5.56 Å². The van der Waals surface area contributed by atoms with Gasteiger partial charge in [-0.3, -0.25) is 4.79 Å². The van der Waals surface area contributed by atoms with Crippen LogP contribution in [-0.4, -0.2) is 11.4 Å². The summed E-state index contributed by atoms with van der Waals surface area (Å²) in [5.74, 6) is -0.501. The van der Waals surface area contributed by atoms with Crippen LogP contribution in [0.4, 0.5) is 4.39 Å². The number of halogens is 2. The third kappa shape index (κ3) is 3.77. The number of carbonyl (C=O) groups is 1. The number of nitrogens with one attached hydrogen (secondary N) is 1. The van der Waals surface area contributed by atoms with Crippen LogP contribution in [0.15, 0.2) is 18.2 Å². The van der Waals surface area contributed by atoms with Crippen LogP contribution in [0.2, 0.25) is 0 Å². The predicted molar refractivity (Wildman–Crippen MR) is 66.3 cm³/mol. The van der Waals surface area contributed by atoms with Crippen molar-refractivity contribution in [1.82, 2.24) is 5.32 Å². The largest absolute Gasteiger partial charge is 0.347 e. The van der Waals surface area contributed by atoms with Crippen molar-refractivity contribution in [1.29, 1.82) is 0 Å². The van der Waals surface area contributed by atoms with E-state index in [1.165, 1.54) is 18.2 Å². The third-order valence-corrected chi connectivity index (χ3v) is 2.56. The molecule has 0 saturated carbocycles. The van der Waals surface area contributed by atoms with Crippen molar-refractivity contribution in [2.24, 2.45) is 0 Å². The highest BCUT2D eigenvalue weighted by atomic mass is 127. The number of carbonyl (C=O) groups excluding carboxylic acids is 1. The van der Waals surface area contributed by atoms with Crippen molar-refractivity contribution in [3.05, 3.63) is 33.1 Å². The monoisotopic (exact) mass is 321 g/mol. The Balaban J connectivity index is 2.92. The summed E-state index contributed by atoms with van der Waals surface area (Å²) < 4.78 is 13.4. The molecule has 0 bridgehead atoms. The molecule has 0 radical (unpaired) electrons. The molecule has 1 aromatic carbocycles. The molecule has 4 heteroatoms. The highest BCUT2D eigenvalue weighted by Gasteiger charge is 2.17. The van der Waals surface area contributed by atoms with E-state index in [2.05, 4.69) is 5.32 Å². The summed E-state index contributed by atoms with van der Waals surface area (Å²) >= 11 is 1.95. The lowest BCUT2D eigenvalue weighted by Gasteiger charge is -2.20. The van der Waals surface area contributed by atoms with E-state index in [4.69, 9.17) is 0 Å². The second kappa shape index (κ2) is 4.47. The zero-order valence-corrected chi connectivity index (χ0v) is 11.1. The SMILES string of the molecule is CC(C)(C)NC(=O)c1ccc(F)cc1I.